The molecule has 5 nitrogen and oxygen atoms in total. The van der Waals surface area contributed by atoms with Gasteiger partial charge in [-0.15, -0.1) is 0 Å². The Morgan fingerprint density at radius 2 is 2.21 bits per heavy atom. The Labute approximate surface area is 81.5 Å². The second-order valence-electron chi connectivity index (χ2n) is 3.00. The number of anilines is 1. The molecule has 0 unspecified atom stereocenters. The first-order valence-corrected chi connectivity index (χ1v) is 4.26. The highest BCUT2D eigenvalue weighted by molar-refractivity contribution is 5.61. The average Bonchev–Trinajstić information content (AvgIpc) is 2.15. The Balaban J connectivity index is 2.79. The molecule has 0 saturated heterocycles. The van der Waals surface area contributed by atoms with Gasteiger partial charge in [-0.2, -0.15) is 0 Å². The summed E-state index contributed by atoms with van der Waals surface area (Å²) in [5.74, 6) is 0. The molecule has 0 saturated carbocycles. The van der Waals surface area contributed by atoms with Gasteiger partial charge in [-0.05, 0) is 13.0 Å². The third-order valence-corrected chi connectivity index (χ3v) is 1.69. The van der Waals surface area contributed by atoms with E-state index in [4.69, 9.17) is 5.11 Å². The summed E-state index contributed by atoms with van der Waals surface area (Å²) in [4.78, 5) is 10.1. The summed E-state index contributed by atoms with van der Waals surface area (Å²) in [6.45, 7) is 1.91. The number of nitrogens with zero attached hydrogens (tertiary/aromatic N) is 1. The van der Waals surface area contributed by atoms with Crippen molar-refractivity contribution in [2.75, 3.05) is 11.9 Å². The van der Waals surface area contributed by atoms with Crippen LogP contribution < -0.4 is 5.32 Å². The van der Waals surface area contributed by atoms with E-state index in [0.29, 0.717) is 12.2 Å². The fourth-order valence-electron chi connectivity index (χ4n) is 1.04. The summed E-state index contributed by atoms with van der Waals surface area (Å²) in [6.07, 6.45) is -0.533. The van der Waals surface area contributed by atoms with E-state index in [1.807, 2.05) is 0 Å². The molecule has 76 valence electrons. The molecule has 1 aromatic rings. The first kappa shape index (κ1) is 10.5. The van der Waals surface area contributed by atoms with Crippen LogP contribution in [0.25, 0.3) is 0 Å². The van der Waals surface area contributed by atoms with E-state index in [1.165, 1.54) is 6.07 Å². The topological polar surface area (TPSA) is 75.4 Å². The number of hydrogen-bond acceptors (Lipinski definition) is 4. The van der Waals surface area contributed by atoms with Crippen LogP contribution in [-0.4, -0.2) is 22.7 Å². The second-order valence-corrected chi connectivity index (χ2v) is 3.00. The molecule has 0 aliphatic rings. The molecule has 0 heterocycles. The third kappa shape index (κ3) is 2.70. The van der Waals surface area contributed by atoms with Crippen molar-refractivity contribution in [1.82, 2.24) is 0 Å². The molecule has 0 aromatic heterocycles. The highest BCUT2D eigenvalue weighted by Crippen LogP contribution is 2.22. The van der Waals surface area contributed by atoms with Gasteiger partial charge in [-0.1, -0.05) is 12.1 Å². The maximum Gasteiger partial charge on any atom is 0.292 e. The number of nitro groups is 1. The summed E-state index contributed by atoms with van der Waals surface area (Å²) in [7, 11) is 0. The zero-order valence-corrected chi connectivity index (χ0v) is 7.80. The number of nitro benzene ring substituents is 1. The van der Waals surface area contributed by atoms with Crippen molar-refractivity contribution < 1.29 is 10.0 Å². The zero-order chi connectivity index (χ0) is 10.6. The van der Waals surface area contributed by atoms with Crippen molar-refractivity contribution in [2.45, 2.75) is 13.0 Å². The average molecular weight is 196 g/mol. The predicted octanol–water partition coefficient (Wildman–Crippen LogP) is 1.39. The van der Waals surface area contributed by atoms with Gasteiger partial charge in [0.2, 0.25) is 0 Å². The van der Waals surface area contributed by atoms with Crippen LogP contribution in [0.2, 0.25) is 0 Å². The molecule has 0 radical (unpaired) electrons. The van der Waals surface area contributed by atoms with Crippen LogP contribution in [0.4, 0.5) is 11.4 Å². The molecule has 1 aromatic carbocycles. The maximum atomic E-state index is 10.6. The van der Waals surface area contributed by atoms with Gasteiger partial charge >= 0.3 is 0 Å². The summed E-state index contributed by atoms with van der Waals surface area (Å²) in [6, 6.07) is 6.34. The Morgan fingerprint density at radius 3 is 2.79 bits per heavy atom. The molecular weight excluding hydrogens is 184 g/mol. The first-order chi connectivity index (χ1) is 6.61. The van der Waals surface area contributed by atoms with Crippen LogP contribution in [0.15, 0.2) is 24.3 Å². The van der Waals surface area contributed by atoms with Gasteiger partial charge in [0.25, 0.3) is 5.69 Å². The highest BCUT2D eigenvalue weighted by atomic mass is 16.6. The van der Waals surface area contributed by atoms with Crippen LogP contribution in [-0.2, 0) is 0 Å². The number of hydrogen-bond donors (Lipinski definition) is 2. The number of aliphatic hydroxyl groups is 1. The van der Waals surface area contributed by atoms with Crippen molar-refractivity contribution in [3.63, 3.8) is 0 Å². The first-order valence-electron chi connectivity index (χ1n) is 4.26. The van der Waals surface area contributed by atoms with E-state index in [1.54, 1.807) is 25.1 Å². The molecule has 0 spiro atoms. The largest absolute Gasteiger partial charge is 0.392 e. The van der Waals surface area contributed by atoms with Gasteiger partial charge in [0.05, 0.1) is 11.0 Å². The second kappa shape index (κ2) is 4.57. The summed E-state index contributed by atoms with van der Waals surface area (Å²) < 4.78 is 0. The highest BCUT2D eigenvalue weighted by Gasteiger charge is 2.11. The lowest BCUT2D eigenvalue weighted by molar-refractivity contribution is -0.384. The van der Waals surface area contributed by atoms with Gasteiger partial charge in [0, 0.05) is 12.6 Å². The van der Waals surface area contributed by atoms with E-state index >= 15 is 0 Å². The lowest BCUT2D eigenvalue weighted by Gasteiger charge is -2.08. The normalized spacial score (nSPS) is 12.1. The predicted molar refractivity (Wildman–Crippen MR) is 53.3 cm³/mol. The SMILES string of the molecule is C[C@H](O)CNc1ccccc1[N+](=O)[O-]. The Kier molecular flexibility index (Phi) is 3.41. The van der Waals surface area contributed by atoms with E-state index in [2.05, 4.69) is 5.32 Å². The molecule has 0 bridgehead atoms. The monoisotopic (exact) mass is 196 g/mol. The van der Waals surface area contributed by atoms with Crippen molar-refractivity contribution in [1.29, 1.82) is 0 Å². The summed E-state index contributed by atoms with van der Waals surface area (Å²) in [5, 5.41) is 22.4. The fraction of sp³-hybridized carbons (Fsp3) is 0.333. The molecule has 0 fully saturated rings. The van der Waals surface area contributed by atoms with E-state index in [9.17, 15) is 10.1 Å². The lowest BCUT2D eigenvalue weighted by Crippen LogP contribution is -2.15. The Hall–Kier alpha value is -1.62. The standard InChI is InChI=1S/C9H12N2O3/c1-7(12)6-10-8-4-2-3-5-9(8)11(13)14/h2-5,7,10,12H,6H2,1H3/t7-/m0/s1. The van der Waals surface area contributed by atoms with Crippen LogP contribution in [0.3, 0.4) is 0 Å². The molecule has 2 N–H and O–H groups in total. The van der Waals surface area contributed by atoms with Crippen molar-refractivity contribution in [3.8, 4) is 0 Å². The van der Waals surface area contributed by atoms with Crippen molar-refractivity contribution in [2.24, 2.45) is 0 Å². The minimum absolute atomic E-state index is 0.0214. The fourth-order valence-corrected chi connectivity index (χ4v) is 1.04. The number of benzene rings is 1. The van der Waals surface area contributed by atoms with Crippen LogP contribution in [0, 0.1) is 10.1 Å². The molecule has 1 rings (SSSR count). The van der Waals surface area contributed by atoms with Crippen molar-refractivity contribution >= 4 is 11.4 Å². The van der Waals surface area contributed by atoms with E-state index in [0.717, 1.165) is 0 Å². The number of nitrogens with one attached hydrogen (secondary N) is 1. The van der Waals surface area contributed by atoms with Gasteiger partial charge < -0.3 is 10.4 Å². The number of rotatable bonds is 4. The molecule has 0 amide bonds. The van der Waals surface area contributed by atoms with Crippen LogP contribution in [0.1, 0.15) is 6.92 Å². The smallest absolute Gasteiger partial charge is 0.292 e. The van der Waals surface area contributed by atoms with Crippen LogP contribution in [0.5, 0.6) is 0 Å². The molecular formula is C9H12N2O3. The van der Waals surface area contributed by atoms with Gasteiger partial charge in [0.1, 0.15) is 5.69 Å². The lowest BCUT2D eigenvalue weighted by atomic mass is 10.2. The van der Waals surface area contributed by atoms with Gasteiger partial charge in [0.15, 0.2) is 0 Å². The Bertz CT molecular complexity index is 326. The quantitative estimate of drug-likeness (QED) is 0.563. The molecule has 1 atom stereocenters. The van der Waals surface area contributed by atoms with Crippen LogP contribution >= 0.6 is 0 Å². The van der Waals surface area contributed by atoms with E-state index < -0.39 is 11.0 Å². The summed E-state index contributed by atoms with van der Waals surface area (Å²) >= 11 is 0. The van der Waals surface area contributed by atoms with Crippen molar-refractivity contribution in [3.05, 3.63) is 34.4 Å². The molecule has 0 aliphatic carbocycles. The third-order valence-electron chi connectivity index (χ3n) is 1.69. The minimum Gasteiger partial charge on any atom is -0.392 e. The molecule has 5 heteroatoms. The minimum atomic E-state index is -0.533. The number of para-hydroxylation sites is 2. The summed E-state index contributed by atoms with van der Waals surface area (Å²) in [5.41, 5.74) is 0.451. The Morgan fingerprint density at radius 1 is 1.57 bits per heavy atom. The van der Waals surface area contributed by atoms with E-state index in [-0.39, 0.29) is 5.69 Å². The van der Waals surface area contributed by atoms with Gasteiger partial charge in [-0.3, -0.25) is 10.1 Å². The van der Waals surface area contributed by atoms with Gasteiger partial charge in [-0.25, -0.2) is 0 Å². The molecule has 14 heavy (non-hydrogen) atoms. The number of aliphatic hydroxyl groups excluding tert-OH is 1. The molecule has 0 aliphatic heterocycles. The maximum absolute atomic E-state index is 10.6. The zero-order valence-electron chi connectivity index (χ0n) is 7.80.